The van der Waals surface area contributed by atoms with Crippen molar-refractivity contribution in [3.63, 3.8) is 0 Å². The van der Waals surface area contributed by atoms with E-state index in [1.165, 1.54) is 33.7 Å². The summed E-state index contributed by atoms with van der Waals surface area (Å²) in [6, 6.07) is 32.7. The highest BCUT2D eigenvalue weighted by atomic mass is 16.5. The lowest BCUT2D eigenvalue weighted by atomic mass is 10.0. The van der Waals surface area contributed by atoms with Crippen LogP contribution in [0.3, 0.4) is 0 Å². The van der Waals surface area contributed by atoms with Gasteiger partial charge < -0.3 is 30.0 Å². The van der Waals surface area contributed by atoms with Crippen LogP contribution in [0.5, 0.6) is 11.5 Å². The maximum atomic E-state index is 12.6. The zero-order valence-electron chi connectivity index (χ0n) is 33.9. The second-order valence-corrected chi connectivity index (χ2v) is 13.3. The molecule has 4 aromatic carbocycles. The Kier molecular flexibility index (Phi) is 14.6. The van der Waals surface area contributed by atoms with Crippen molar-refractivity contribution >= 4 is 23.8 Å². The number of carbonyl (C=O) groups excluding carboxylic acids is 4. The van der Waals surface area contributed by atoms with Crippen molar-refractivity contribution < 1.29 is 38.5 Å². The molecular weight excluding hydrogens is 777 g/mol. The normalized spacial score (nSPS) is 10.1. The van der Waals surface area contributed by atoms with Gasteiger partial charge in [0.15, 0.2) is 11.5 Å². The zero-order valence-corrected chi connectivity index (χ0v) is 33.9. The third-order valence-corrected chi connectivity index (χ3v) is 9.46. The molecule has 0 aliphatic heterocycles. The molecule has 0 aliphatic carbocycles. The van der Waals surface area contributed by atoms with Crippen LogP contribution in [0.2, 0.25) is 0 Å². The Morgan fingerprint density at radius 3 is 1.31 bits per heavy atom. The fourth-order valence-corrected chi connectivity index (χ4v) is 6.09. The van der Waals surface area contributed by atoms with Gasteiger partial charge in [-0.2, -0.15) is 10.5 Å². The van der Waals surface area contributed by atoms with E-state index < -0.39 is 11.9 Å². The van der Waals surface area contributed by atoms with Gasteiger partial charge in [-0.25, -0.2) is 9.59 Å². The molecule has 0 atom stereocenters. The predicted octanol–water partition coefficient (Wildman–Crippen LogP) is 7.00. The molecule has 14 heteroatoms. The van der Waals surface area contributed by atoms with Gasteiger partial charge in [0.05, 0.1) is 56.0 Å². The van der Waals surface area contributed by atoms with Crippen LogP contribution in [0, 0.1) is 36.5 Å². The highest BCUT2D eigenvalue weighted by Crippen LogP contribution is 2.27. The van der Waals surface area contributed by atoms with Gasteiger partial charge in [-0.1, -0.05) is 48.5 Å². The van der Waals surface area contributed by atoms with Crippen LogP contribution in [0.1, 0.15) is 75.1 Å². The fraction of sp³-hybridized carbons (Fsp3) is 0.149. The second-order valence-electron chi connectivity index (χ2n) is 13.3. The first-order chi connectivity index (χ1) is 29.4. The van der Waals surface area contributed by atoms with Crippen LogP contribution < -0.4 is 15.4 Å². The minimum absolute atomic E-state index is 0.00147. The van der Waals surface area contributed by atoms with Crippen LogP contribution in [0.4, 0.5) is 0 Å². The maximum absolute atomic E-state index is 12.6. The van der Waals surface area contributed by atoms with Gasteiger partial charge in [0, 0.05) is 47.7 Å². The fourth-order valence-electron chi connectivity index (χ4n) is 6.09. The summed E-state index contributed by atoms with van der Waals surface area (Å²) < 4.78 is 14.9. The lowest BCUT2D eigenvalue weighted by molar-refractivity contribution is 0.0586. The van der Waals surface area contributed by atoms with Crippen LogP contribution in [0.15, 0.2) is 109 Å². The Bertz CT molecular complexity index is 2650. The number of carbonyl (C=O) groups is 4. The monoisotopic (exact) mass is 816 g/mol. The molecule has 14 nitrogen and oxygen atoms in total. The van der Waals surface area contributed by atoms with Crippen LogP contribution in [-0.4, -0.2) is 60.2 Å². The SMILES string of the molecule is COC(=O)c1c(CNC(=O)c2ccc(-c3ccc(C#N)cc3)cc2)cnc(C)c1O.COC(=O)c1c(CNC(=O)c2ccc(-c3ccc(C#N)cc3)cc2)cnc(C)c1OC. The van der Waals surface area contributed by atoms with Gasteiger partial charge in [0.25, 0.3) is 11.8 Å². The van der Waals surface area contributed by atoms with Crippen molar-refractivity contribution in [3.8, 4) is 45.9 Å². The van der Waals surface area contributed by atoms with E-state index in [0.717, 1.165) is 22.3 Å². The van der Waals surface area contributed by atoms with Gasteiger partial charge in [0.2, 0.25) is 0 Å². The van der Waals surface area contributed by atoms with Gasteiger partial charge in [-0.3, -0.25) is 19.6 Å². The standard InChI is InChI=1S/C24H21N3O4.C23H19N3O4/c1-15-22(30-2)21(24(29)31-3)20(13-26-15)14-27-23(28)19-10-8-18(9-11-19)17-6-4-16(12-25)5-7-17;1-14-21(27)20(23(29)30-2)19(12-25-14)13-26-22(28)18-9-7-17(8-10-18)16-5-3-15(11-24)4-6-16/h4-11,13H,14H2,1-3H3,(H,27,28);3-10,12,27H,13H2,1-2H3,(H,26,28). The highest BCUT2D eigenvalue weighted by Gasteiger charge is 2.22. The highest BCUT2D eigenvalue weighted by molar-refractivity contribution is 5.97. The average Bonchev–Trinajstić information content (AvgIpc) is 3.31. The number of nitrogens with zero attached hydrogens (tertiary/aromatic N) is 4. The predicted molar refractivity (Wildman–Crippen MR) is 224 cm³/mol. The third-order valence-electron chi connectivity index (χ3n) is 9.46. The van der Waals surface area contributed by atoms with E-state index in [0.29, 0.717) is 50.5 Å². The molecule has 2 amide bonds. The van der Waals surface area contributed by atoms with Crippen molar-refractivity contribution in [3.05, 3.63) is 165 Å². The van der Waals surface area contributed by atoms with E-state index in [1.54, 1.807) is 62.4 Å². The summed E-state index contributed by atoms with van der Waals surface area (Å²) in [5.41, 5.74) is 7.75. The first-order valence-corrected chi connectivity index (χ1v) is 18.6. The lowest BCUT2D eigenvalue weighted by Gasteiger charge is -2.14. The number of rotatable bonds is 11. The van der Waals surface area contributed by atoms with E-state index in [1.807, 2.05) is 48.5 Å². The number of ether oxygens (including phenoxy) is 3. The molecule has 6 aromatic rings. The number of methoxy groups -OCH3 is 3. The number of aromatic nitrogens is 2. The summed E-state index contributed by atoms with van der Waals surface area (Å²) in [5, 5.41) is 33.4. The number of esters is 2. The Morgan fingerprint density at radius 2 is 0.934 bits per heavy atom. The lowest BCUT2D eigenvalue weighted by Crippen LogP contribution is -2.24. The number of amides is 2. The Morgan fingerprint density at radius 1 is 0.574 bits per heavy atom. The maximum Gasteiger partial charge on any atom is 0.342 e. The first-order valence-electron chi connectivity index (χ1n) is 18.6. The molecule has 0 fully saturated rings. The van der Waals surface area contributed by atoms with Crippen molar-refractivity contribution in [2.45, 2.75) is 26.9 Å². The molecule has 0 saturated carbocycles. The number of hydrogen-bond donors (Lipinski definition) is 3. The summed E-state index contributed by atoms with van der Waals surface area (Å²) in [7, 11) is 3.96. The van der Waals surface area contributed by atoms with Gasteiger partial charge in [0.1, 0.15) is 11.1 Å². The molecule has 6 rings (SSSR count). The summed E-state index contributed by atoms with van der Waals surface area (Å²) in [5.74, 6) is -1.82. The van der Waals surface area contributed by atoms with Crippen LogP contribution in [0.25, 0.3) is 22.3 Å². The van der Waals surface area contributed by atoms with Gasteiger partial charge in [-0.05, 0) is 84.6 Å². The number of hydrogen-bond acceptors (Lipinski definition) is 12. The number of aryl methyl sites for hydroxylation is 2. The smallest absolute Gasteiger partial charge is 0.342 e. The van der Waals surface area contributed by atoms with Crippen molar-refractivity contribution in [2.75, 3.05) is 21.3 Å². The quantitative estimate of drug-likeness (QED) is 0.113. The Labute approximate surface area is 352 Å². The van der Waals surface area contributed by atoms with E-state index in [9.17, 15) is 24.3 Å². The van der Waals surface area contributed by atoms with Crippen molar-refractivity contribution in [2.24, 2.45) is 0 Å². The minimum atomic E-state index is -0.700. The minimum Gasteiger partial charge on any atom is -0.505 e. The number of nitrogens with one attached hydrogen (secondary N) is 2. The largest absolute Gasteiger partial charge is 0.505 e. The van der Waals surface area contributed by atoms with E-state index in [4.69, 9.17) is 24.7 Å². The molecule has 0 aliphatic rings. The molecule has 3 N–H and O–H groups in total. The average molecular weight is 817 g/mol. The number of aromatic hydroxyl groups is 1. The Balaban J connectivity index is 0.000000231. The molecule has 0 radical (unpaired) electrons. The molecule has 0 spiro atoms. The molecule has 0 saturated heterocycles. The molecule has 306 valence electrons. The molecule has 61 heavy (non-hydrogen) atoms. The summed E-state index contributed by atoms with van der Waals surface area (Å²) in [4.78, 5) is 57.6. The first kappa shape index (κ1) is 43.8. The van der Waals surface area contributed by atoms with Crippen LogP contribution >= 0.6 is 0 Å². The van der Waals surface area contributed by atoms with Gasteiger partial charge in [-0.15, -0.1) is 0 Å². The summed E-state index contributed by atoms with van der Waals surface area (Å²) >= 11 is 0. The topological polar surface area (TPSA) is 214 Å². The zero-order chi connectivity index (χ0) is 44.1. The van der Waals surface area contributed by atoms with E-state index in [-0.39, 0.29) is 41.8 Å². The van der Waals surface area contributed by atoms with E-state index >= 15 is 0 Å². The number of benzene rings is 4. The molecule has 2 heterocycles. The van der Waals surface area contributed by atoms with Crippen LogP contribution in [-0.2, 0) is 22.6 Å². The van der Waals surface area contributed by atoms with E-state index in [2.05, 4.69) is 32.7 Å². The molecule has 0 bridgehead atoms. The summed E-state index contributed by atoms with van der Waals surface area (Å²) in [6.07, 6.45) is 2.95. The number of pyridine rings is 2. The molecular formula is C47H40N6O8. The number of nitriles is 2. The molecule has 0 unspecified atom stereocenters. The van der Waals surface area contributed by atoms with Crippen molar-refractivity contribution in [1.29, 1.82) is 10.5 Å². The third kappa shape index (κ3) is 10.6. The van der Waals surface area contributed by atoms with Gasteiger partial charge >= 0.3 is 11.9 Å². The van der Waals surface area contributed by atoms with Crippen molar-refractivity contribution in [1.82, 2.24) is 20.6 Å². The Hall–Kier alpha value is -8.36. The second kappa shape index (κ2) is 20.4. The summed E-state index contributed by atoms with van der Waals surface area (Å²) in [6.45, 7) is 3.38. The molecule has 2 aromatic heterocycles.